The largest absolute Gasteiger partial charge is 0.417 e. The molecule has 0 radical (unpaired) electrons. The van der Waals surface area contributed by atoms with Crippen LogP contribution in [0.25, 0.3) is 33.4 Å². The third-order valence-corrected chi connectivity index (χ3v) is 6.02. The van der Waals surface area contributed by atoms with Crippen LogP contribution >= 0.6 is 0 Å². The van der Waals surface area contributed by atoms with Crippen LogP contribution in [0.15, 0.2) is 73.3 Å². The van der Waals surface area contributed by atoms with Crippen LogP contribution < -0.4 is 10.6 Å². The van der Waals surface area contributed by atoms with Crippen LogP contribution in [0.3, 0.4) is 0 Å². The van der Waals surface area contributed by atoms with Crippen LogP contribution in [0.5, 0.6) is 0 Å². The molecule has 0 saturated carbocycles. The number of hydrogen-bond donors (Lipinski definition) is 4. The molecule has 12 heteroatoms. The van der Waals surface area contributed by atoms with Crippen molar-refractivity contribution in [2.45, 2.75) is 12.6 Å². The molecule has 1 amide bonds. The van der Waals surface area contributed by atoms with Crippen LogP contribution in [0, 0.1) is 5.82 Å². The van der Waals surface area contributed by atoms with Crippen molar-refractivity contribution in [3.8, 4) is 22.4 Å². The standard InChI is InChI=1S/C28H22F4N6O2/c29-23-7-16(8-26(40)37-21-11-20(14-33-15-21)28(30,31)32)1-3-22(23)19-9-18-10-24(38-27(18)36-13-19)17-2-4-25(35-12-17)34-5-6-39/h1-4,7,9-15,39H,5-6,8H2,(H,34,35)(H,36,38)(H,37,40). The summed E-state index contributed by atoms with van der Waals surface area (Å²) in [4.78, 5) is 27.8. The molecular weight excluding hydrogens is 528 g/mol. The second kappa shape index (κ2) is 11.1. The van der Waals surface area contributed by atoms with Crippen LogP contribution in [-0.4, -0.2) is 44.1 Å². The fraction of sp³-hybridized carbons (Fsp3) is 0.143. The molecule has 0 aliphatic heterocycles. The number of aromatic amines is 1. The Morgan fingerprint density at radius 1 is 0.950 bits per heavy atom. The van der Waals surface area contributed by atoms with Crippen molar-refractivity contribution in [1.82, 2.24) is 19.9 Å². The van der Waals surface area contributed by atoms with E-state index < -0.39 is 23.5 Å². The molecule has 0 aliphatic rings. The predicted octanol–water partition coefficient (Wildman–Crippen LogP) is 5.43. The number of aliphatic hydroxyl groups excluding tert-OH is 1. The number of halogens is 4. The normalized spacial score (nSPS) is 11.5. The van der Waals surface area contributed by atoms with Gasteiger partial charge in [0.1, 0.15) is 17.3 Å². The lowest BCUT2D eigenvalue weighted by Gasteiger charge is -2.10. The molecule has 4 heterocycles. The zero-order chi connectivity index (χ0) is 28.3. The maximum atomic E-state index is 15.1. The topological polar surface area (TPSA) is 116 Å². The second-order valence-electron chi connectivity index (χ2n) is 8.93. The van der Waals surface area contributed by atoms with Crippen molar-refractivity contribution in [2.75, 3.05) is 23.8 Å². The Balaban J connectivity index is 1.29. The Labute approximate surface area is 225 Å². The second-order valence-corrected chi connectivity index (χ2v) is 8.93. The molecule has 5 aromatic rings. The molecule has 204 valence electrons. The number of alkyl halides is 3. The van der Waals surface area contributed by atoms with E-state index in [0.29, 0.717) is 35.3 Å². The number of amides is 1. The highest BCUT2D eigenvalue weighted by Gasteiger charge is 2.31. The van der Waals surface area contributed by atoms with Crippen molar-refractivity contribution in [3.05, 3.63) is 90.3 Å². The number of aromatic nitrogens is 4. The van der Waals surface area contributed by atoms with E-state index in [1.165, 1.54) is 18.3 Å². The van der Waals surface area contributed by atoms with Crippen molar-refractivity contribution in [1.29, 1.82) is 0 Å². The third kappa shape index (κ3) is 6.07. The molecule has 4 aromatic heterocycles. The van der Waals surface area contributed by atoms with E-state index in [1.807, 2.05) is 12.1 Å². The summed E-state index contributed by atoms with van der Waals surface area (Å²) in [6.07, 6.45) is 0.159. The van der Waals surface area contributed by atoms with Gasteiger partial charge in [-0.25, -0.2) is 14.4 Å². The number of benzene rings is 1. The highest BCUT2D eigenvalue weighted by molar-refractivity contribution is 5.92. The van der Waals surface area contributed by atoms with E-state index in [1.54, 1.807) is 24.4 Å². The lowest BCUT2D eigenvalue weighted by atomic mass is 10.0. The first kappa shape index (κ1) is 26.8. The molecule has 5 rings (SSSR count). The zero-order valence-electron chi connectivity index (χ0n) is 20.8. The lowest BCUT2D eigenvalue weighted by molar-refractivity contribution is -0.137. The van der Waals surface area contributed by atoms with E-state index in [0.717, 1.165) is 28.9 Å². The number of fused-ring (bicyclic) bond motifs is 1. The minimum Gasteiger partial charge on any atom is -0.395 e. The first-order valence-corrected chi connectivity index (χ1v) is 12.1. The van der Waals surface area contributed by atoms with E-state index in [4.69, 9.17) is 5.11 Å². The summed E-state index contributed by atoms with van der Waals surface area (Å²) in [5, 5.41) is 15.0. The maximum absolute atomic E-state index is 15.1. The quantitative estimate of drug-likeness (QED) is 0.192. The van der Waals surface area contributed by atoms with Crippen LogP contribution in [0.4, 0.5) is 29.1 Å². The molecule has 0 fully saturated rings. The SMILES string of the molecule is O=C(Cc1ccc(-c2cnc3[nH]c(-c4ccc(NCCO)nc4)cc3c2)c(F)c1)Nc1cncc(C(F)(F)F)c1. The van der Waals surface area contributed by atoms with Gasteiger partial charge < -0.3 is 20.7 Å². The predicted molar refractivity (Wildman–Crippen MR) is 142 cm³/mol. The number of nitrogens with one attached hydrogen (secondary N) is 3. The number of rotatable bonds is 8. The number of aliphatic hydroxyl groups is 1. The van der Waals surface area contributed by atoms with Gasteiger partial charge in [0, 0.05) is 52.9 Å². The number of pyridine rings is 3. The van der Waals surface area contributed by atoms with Crippen molar-refractivity contribution in [2.24, 2.45) is 0 Å². The Kier molecular flexibility index (Phi) is 7.43. The van der Waals surface area contributed by atoms with Crippen LogP contribution in [0.1, 0.15) is 11.1 Å². The summed E-state index contributed by atoms with van der Waals surface area (Å²) in [6.45, 7) is 0.396. The molecule has 40 heavy (non-hydrogen) atoms. The molecule has 0 bridgehead atoms. The third-order valence-electron chi connectivity index (χ3n) is 6.02. The minimum atomic E-state index is -4.59. The monoisotopic (exact) mass is 550 g/mol. The molecule has 0 spiro atoms. The number of H-pyrrole nitrogens is 1. The van der Waals surface area contributed by atoms with Gasteiger partial charge in [-0.3, -0.25) is 9.78 Å². The molecule has 0 aliphatic carbocycles. The maximum Gasteiger partial charge on any atom is 0.417 e. The molecule has 1 aromatic carbocycles. The Bertz CT molecular complexity index is 1670. The summed E-state index contributed by atoms with van der Waals surface area (Å²) in [5.41, 5.74) is 2.28. The fourth-order valence-corrected chi connectivity index (χ4v) is 4.12. The first-order chi connectivity index (χ1) is 19.2. The fourth-order valence-electron chi connectivity index (χ4n) is 4.12. The van der Waals surface area contributed by atoms with E-state index in [-0.39, 0.29) is 24.3 Å². The molecule has 0 saturated heterocycles. The summed E-state index contributed by atoms with van der Waals surface area (Å²) in [7, 11) is 0. The Hall–Kier alpha value is -4.84. The van der Waals surface area contributed by atoms with Gasteiger partial charge in [-0.05, 0) is 42.0 Å². The Morgan fingerprint density at radius 3 is 2.50 bits per heavy atom. The van der Waals surface area contributed by atoms with E-state index >= 15 is 4.39 Å². The van der Waals surface area contributed by atoms with Crippen molar-refractivity contribution >= 4 is 28.4 Å². The van der Waals surface area contributed by atoms with Crippen LogP contribution in [-0.2, 0) is 17.4 Å². The van der Waals surface area contributed by atoms with Gasteiger partial charge in [-0.1, -0.05) is 12.1 Å². The average molecular weight is 551 g/mol. The van der Waals surface area contributed by atoms with Gasteiger partial charge in [-0.15, -0.1) is 0 Å². The number of anilines is 2. The van der Waals surface area contributed by atoms with Crippen LogP contribution in [0.2, 0.25) is 0 Å². The van der Waals surface area contributed by atoms with E-state index in [9.17, 15) is 18.0 Å². The molecule has 4 N–H and O–H groups in total. The first-order valence-electron chi connectivity index (χ1n) is 12.1. The molecule has 0 unspecified atom stereocenters. The summed E-state index contributed by atoms with van der Waals surface area (Å²) >= 11 is 0. The minimum absolute atomic E-state index is 0.000668. The highest BCUT2D eigenvalue weighted by atomic mass is 19.4. The Morgan fingerprint density at radius 2 is 1.77 bits per heavy atom. The van der Waals surface area contributed by atoms with Gasteiger partial charge in [0.2, 0.25) is 5.91 Å². The number of carbonyl (C=O) groups is 1. The number of carbonyl (C=O) groups excluding carboxylic acids is 1. The lowest BCUT2D eigenvalue weighted by Crippen LogP contribution is -2.15. The molecular formula is C28H22F4N6O2. The number of hydrogen-bond acceptors (Lipinski definition) is 6. The highest BCUT2D eigenvalue weighted by Crippen LogP contribution is 2.31. The van der Waals surface area contributed by atoms with E-state index in [2.05, 4.69) is 30.6 Å². The van der Waals surface area contributed by atoms with Gasteiger partial charge in [-0.2, -0.15) is 13.2 Å². The van der Waals surface area contributed by atoms with Gasteiger partial charge in [0.05, 0.1) is 30.5 Å². The van der Waals surface area contributed by atoms with Gasteiger partial charge in [0.15, 0.2) is 0 Å². The average Bonchev–Trinajstić information content (AvgIpc) is 3.35. The molecule has 8 nitrogen and oxygen atoms in total. The van der Waals surface area contributed by atoms with Crippen molar-refractivity contribution < 1.29 is 27.5 Å². The summed E-state index contributed by atoms with van der Waals surface area (Å²) in [6, 6.07) is 12.4. The van der Waals surface area contributed by atoms with Gasteiger partial charge >= 0.3 is 6.18 Å². The zero-order valence-corrected chi connectivity index (χ0v) is 20.8. The smallest absolute Gasteiger partial charge is 0.395 e. The molecule has 0 atom stereocenters. The number of nitrogens with zero attached hydrogens (tertiary/aromatic N) is 3. The summed E-state index contributed by atoms with van der Waals surface area (Å²) in [5.74, 6) is -0.542. The van der Waals surface area contributed by atoms with Gasteiger partial charge in [0.25, 0.3) is 0 Å². The summed E-state index contributed by atoms with van der Waals surface area (Å²) < 4.78 is 53.7. The van der Waals surface area contributed by atoms with Crippen molar-refractivity contribution in [3.63, 3.8) is 0 Å².